The number of hydrogen-bond acceptors (Lipinski definition) is 7. The molecule has 9 nitrogen and oxygen atoms in total. The molecule has 2 N–H and O–H groups in total. The molecule has 4 atom stereocenters. The number of carboxylic acid groups (broad SMARTS) is 1. The van der Waals surface area contributed by atoms with E-state index in [0.717, 1.165) is 44.2 Å². The Labute approximate surface area is 272 Å². The number of rotatable bonds is 9. The summed E-state index contributed by atoms with van der Waals surface area (Å²) < 4.78 is 62.3. The highest BCUT2D eigenvalue weighted by Crippen LogP contribution is 2.42. The van der Waals surface area contributed by atoms with Gasteiger partial charge in [0.2, 0.25) is 11.8 Å². The number of anilines is 2. The lowest BCUT2D eigenvalue weighted by Gasteiger charge is -2.39. The van der Waals surface area contributed by atoms with E-state index in [9.17, 15) is 27.5 Å². The highest BCUT2D eigenvalue weighted by Gasteiger charge is 2.44. The van der Waals surface area contributed by atoms with Gasteiger partial charge in [-0.15, -0.1) is 0 Å². The third-order valence-electron chi connectivity index (χ3n) is 9.73. The number of nitrogens with one attached hydrogen (secondary N) is 1. The number of nitrogens with zero attached hydrogens (tertiary/aromatic N) is 5. The molecule has 2 aromatic carbocycles. The molecule has 2 aliphatic heterocycles. The first kappa shape index (κ1) is 31.5. The standard InChI is InChI=1S/C33H33ClF4N6O3/c1-17(19-3-2-4-19)39-28-27-29(41-30(40-28)31(45)46)42-32(43(27)16-18-5-7-20(8-6-18)33(36,37)38)44-21-9-10-22(44)14-24(13-21)47-23-11-12-25(34)26(35)15-23/h5-8,11-12,15,17,19,21-22,24H,2-4,9-10,13-14,16H2,1H3,(H,45,46)(H,39,40,41)/t17-,21-,22+,24-/m1/s1. The molecule has 0 amide bonds. The zero-order valence-corrected chi connectivity index (χ0v) is 26.2. The van der Waals surface area contributed by atoms with Crippen LogP contribution in [0.15, 0.2) is 42.5 Å². The number of alkyl halides is 3. The zero-order valence-electron chi connectivity index (χ0n) is 25.5. The van der Waals surface area contributed by atoms with Gasteiger partial charge in [-0.1, -0.05) is 30.2 Å². The molecule has 248 valence electrons. The van der Waals surface area contributed by atoms with E-state index in [1.165, 1.54) is 24.3 Å². The van der Waals surface area contributed by atoms with Crippen molar-refractivity contribution in [2.24, 2.45) is 5.92 Å². The van der Waals surface area contributed by atoms with Gasteiger partial charge in [-0.05, 0) is 68.4 Å². The molecule has 2 aromatic heterocycles. The van der Waals surface area contributed by atoms with Crippen LogP contribution in [0.2, 0.25) is 5.02 Å². The van der Waals surface area contributed by atoms with Crippen LogP contribution in [0.25, 0.3) is 11.2 Å². The van der Waals surface area contributed by atoms with Crippen molar-refractivity contribution in [1.82, 2.24) is 19.5 Å². The largest absolute Gasteiger partial charge is 0.490 e. The van der Waals surface area contributed by atoms with E-state index >= 15 is 0 Å². The first-order valence-corrected chi connectivity index (χ1v) is 16.2. The second-order valence-electron chi connectivity index (χ2n) is 12.8. The molecule has 4 heterocycles. The van der Waals surface area contributed by atoms with Gasteiger partial charge in [-0.25, -0.2) is 19.2 Å². The molecule has 47 heavy (non-hydrogen) atoms. The lowest BCUT2D eigenvalue weighted by molar-refractivity contribution is -0.137. The van der Waals surface area contributed by atoms with Gasteiger partial charge >= 0.3 is 12.1 Å². The van der Waals surface area contributed by atoms with Crippen molar-refractivity contribution in [1.29, 1.82) is 0 Å². The molecule has 2 saturated heterocycles. The fourth-order valence-corrected chi connectivity index (χ4v) is 7.23. The smallest absolute Gasteiger partial charge is 0.416 e. The van der Waals surface area contributed by atoms with E-state index < -0.39 is 29.4 Å². The molecule has 3 aliphatic rings. The number of imidazole rings is 1. The van der Waals surface area contributed by atoms with E-state index in [1.807, 2.05) is 11.5 Å². The lowest BCUT2D eigenvalue weighted by atomic mass is 9.80. The molecule has 3 fully saturated rings. The number of hydrogen-bond donors (Lipinski definition) is 2. The van der Waals surface area contributed by atoms with E-state index in [2.05, 4.69) is 20.2 Å². The average Bonchev–Trinajstić information content (AvgIpc) is 3.46. The topological polar surface area (TPSA) is 105 Å². The van der Waals surface area contributed by atoms with E-state index in [4.69, 9.17) is 21.3 Å². The van der Waals surface area contributed by atoms with Crippen LogP contribution in [0.4, 0.5) is 29.3 Å². The molecule has 1 aliphatic carbocycles. The highest BCUT2D eigenvalue weighted by atomic mass is 35.5. The van der Waals surface area contributed by atoms with Crippen LogP contribution in [0.1, 0.15) is 73.6 Å². The molecule has 0 unspecified atom stereocenters. The van der Waals surface area contributed by atoms with Crippen molar-refractivity contribution in [3.05, 3.63) is 70.3 Å². The minimum absolute atomic E-state index is 0.00291. The van der Waals surface area contributed by atoms with Crippen LogP contribution in [-0.2, 0) is 12.7 Å². The summed E-state index contributed by atoms with van der Waals surface area (Å²) in [5.74, 6) is -0.569. The summed E-state index contributed by atoms with van der Waals surface area (Å²) in [5.41, 5.74) is 0.542. The maximum Gasteiger partial charge on any atom is 0.416 e. The van der Waals surface area contributed by atoms with Crippen LogP contribution >= 0.6 is 11.6 Å². The number of aromatic carboxylic acids is 1. The molecule has 0 spiro atoms. The Hall–Kier alpha value is -4.13. The Bertz CT molecular complexity index is 1800. The number of carbonyl (C=O) groups is 1. The average molecular weight is 673 g/mol. The van der Waals surface area contributed by atoms with Gasteiger partial charge in [-0.2, -0.15) is 18.2 Å². The van der Waals surface area contributed by atoms with Crippen molar-refractivity contribution in [3.8, 4) is 5.75 Å². The maximum absolute atomic E-state index is 14.1. The number of carboxylic acids is 1. The van der Waals surface area contributed by atoms with E-state index in [1.54, 1.807) is 6.07 Å². The molecule has 2 bridgehead atoms. The van der Waals surface area contributed by atoms with Crippen LogP contribution in [0, 0.1) is 11.7 Å². The number of halogens is 5. The lowest BCUT2D eigenvalue weighted by Crippen LogP contribution is -2.47. The SMILES string of the molecule is C[C@@H](Nc1nc(C(=O)O)nc2nc(N3[C@@H]4CC[C@H]3C[C@H](Oc3ccc(Cl)c(F)c3)C4)n(Cc3ccc(C(F)(F)F)cc3)c12)C1CCC1. The summed E-state index contributed by atoms with van der Waals surface area (Å²) in [5, 5.41) is 13.3. The summed E-state index contributed by atoms with van der Waals surface area (Å²) in [4.78, 5) is 27.9. The van der Waals surface area contributed by atoms with Crippen LogP contribution in [0.3, 0.4) is 0 Å². The third-order valence-corrected chi connectivity index (χ3v) is 10.0. The van der Waals surface area contributed by atoms with Gasteiger partial charge in [0.25, 0.3) is 0 Å². The minimum atomic E-state index is -4.47. The van der Waals surface area contributed by atoms with Crippen molar-refractivity contribution < 1.29 is 32.2 Å². The molecule has 7 rings (SSSR count). The van der Waals surface area contributed by atoms with Gasteiger partial charge in [0.15, 0.2) is 11.5 Å². The fraction of sp³-hybridized carbons (Fsp3) is 0.455. The predicted octanol–water partition coefficient (Wildman–Crippen LogP) is 7.56. The molecule has 14 heteroatoms. The number of aromatic nitrogens is 4. The van der Waals surface area contributed by atoms with Gasteiger partial charge < -0.3 is 24.6 Å². The van der Waals surface area contributed by atoms with Crippen LogP contribution < -0.4 is 15.0 Å². The Balaban J connectivity index is 1.28. The van der Waals surface area contributed by atoms with Crippen molar-refractivity contribution >= 4 is 40.5 Å². The fourth-order valence-electron chi connectivity index (χ4n) is 7.12. The Morgan fingerprint density at radius 3 is 2.36 bits per heavy atom. The van der Waals surface area contributed by atoms with Crippen LogP contribution in [-0.4, -0.2) is 54.8 Å². The number of fused-ring (bicyclic) bond motifs is 3. The second-order valence-corrected chi connectivity index (χ2v) is 13.2. The second kappa shape index (κ2) is 12.1. The first-order valence-electron chi connectivity index (χ1n) is 15.8. The monoisotopic (exact) mass is 672 g/mol. The molecule has 0 radical (unpaired) electrons. The summed E-state index contributed by atoms with van der Waals surface area (Å²) in [7, 11) is 0. The van der Waals surface area contributed by atoms with Gasteiger partial charge in [-0.3, -0.25) is 0 Å². The van der Waals surface area contributed by atoms with Gasteiger partial charge in [0, 0.05) is 37.0 Å². The van der Waals surface area contributed by atoms with Crippen molar-refractivity contribution in [2.45, 2.75) is 88.8 Å². The Morgan fingerprint density at radius 2 is 1.77 bits per heavy atom. The molecule has 1 saturated carbocycles. The third kappa shape index (κ3) is 6.17. The Morgan fingerprint density at radius 1 is 1.06 bits per heavy atom. The molecule has 4 aromatic rings. The summed E-state index contributed by atoms with van der Waals surface area (Å²) in [6, 6.07) is 9.36. The van der Waals surface area contributed by atoms with E-state index in [-0.39, 0.29) is 41.4 Å². The number of piperidine rings is 1. The molecular formula is C33H33ClF4N6O3. The highest BCUT2D eigenvalue weighted by molar-refractivity contribution is 6.30. The first-order chi connectivity index (χ1) is 22.4. The van der Waals surface area contributed by atoms with Gasteiger partial charge in [0.05, 0.1) is 17.1 Å². The van der Waals surface area contributed by atoms with E-state index in [0.29, 0.717) is 47.4 Å². The quantitative estimate of drug-likeness (QED) is 0.176. The van der Waals surface area contributed by atoms with Crippen molar-refractivity contribution in [3.63, 3.8) is 0 Å². The predicted molar refractivity (Wildman–Crippen MR) is 168 cm³/mol. The summed E-state index contributed by atoms with van der Waals surface area (Å²) in [6.07, 6.45) is 1.51. The van der Waals surface area contributed by atoms with Crippen LogP contribution in [0.5, 0.6) is 5.75 Å². The number of benzene rings is 2. The van der Waals surface area contributed by atoms with Crippen molar-refractivity contribution in [2.75, 3.05) is 10.2 Å². The summed E-state index contributed by atoms with van der Waals surface area (Å²) >= 11 is 5.85. The summed E-state index contributed by atoms with van der Waals surface area (Å²) in [6.45, 7) is 2.19. The zero-order chi connectivity index (χ0) is 33.0. The molecular weight excluding hydrogens is 640 g/mol. The maximum atomic E-state index is 14.1. The Kier molecular flexibility index (Phi) is 8.13. The normalized spacial score (nSPS) is 21.9. The number of ether oxygens (including phenoxy) is 1. The van der Waals surface area contributed by atoms with Gasteiger partial charge in [0.1, 0.15) is 23.2 Å². The minimum Gasteiger partial charge on any atom is -0.490 e.